The van der Waals surface area contributed by atoms with Crippen molar-refractivity contribution in [2.45, 2.75) is 27.3 Å². The van der Waals surface area contributed by atoms with Crippen LogP contribution in [0.1, 0.15) is 26.3 Å². The number of hydrogen-bond donors (Lipinski definition) is 2. The Morgan fingerprint density at radius 2 is 1.84 bits per heavy atom. The number of halogens is 1. The fourth-order valence-corrected chi connectivity index (χ4v) is 3.34. The third-order valence-electron chi connectivity index (χ3n) is 5.09. The lowest BCUT2D eigenvalue weighted by atomic mass is 10.1. The molecule has 0 aromatic heterocycles. The summed E-state index contributed by atoms with van der Waals surface area (Å²) in [5.41, 5.74) is 1.13. The molecule has 1 aromatic rings. The van der Waals surface area contributed by atoms with Crippen LogP contribution >= 0.6 is 24.0 Å². The normalized spacial score (nSPS) is 14.8. The van der Waals surface area contributed by atoms with E-state index in [0.717, 1.165) is 62.3 Å². The summed E-state index contributed by atoms with van der Waals surface area (Å²) in [6, 6.07) is 5.92. The second-order valence-electron chi connectivity index (χ2n) is 7.62. The molecule has 31 heavy (non-hydrogen) atoms. The molecule has 1 aliphatic heterocycles. The second-order valence-corrected chi connectivity index (χ2v) is 7.62. The molecule has 1 saturated heterocycles. The Morgan fingerprint density at radius 3 is 2.42 bits per heavy atom. The summed E-state index contributed by atoms with van der Waals surface area (Å²) in [4.78, 5) is 21.1. The highest BCUT2D eigenvalue weighted by molar-refractivity contribution is 14.0. The second kappa shape index (κ2) is 14.3. The van der Waals surface area contributed by atoms with E-state index in [1.165, 1.54) is 0 Å². The SMILES string of the molecule is CCNC(=NCCNC(=O)C(C)C)N1CCN(Cc2cc(OC)ccc2OC)CC1.I. The Bertz CT molecular complexity index is 706. The summed E-state index contributed by atoms with van der Waals surface area (Å²) in [5, 5.41) is 6.28. The number of guanidine groups is 1. The summed E-state index contributed by atoms with van der Waals surface area (Å²) in [6.45, 7) is 12.3. The number of carbonyl (C=O) groups is 1. The van der Waals surface area contributed by atoms with E-state index in [1.54, 1.807) is 14.2 Å². The number of benzene rings is 1. The van der Waals surface area contributed by atoms with Crippen molar-refractivity contribution in [2.24, 2.45) is 10.9 Å². The molecule has 0 unspecified atom stereocenters. The van der Waals surface area contributed by atoms with E-state index in [4.69, 9.17) is 9.47 Å². The molecular formula is C22H38IN5O3. The Labute approximate surface area is 203 Å². The predicted molar refractivity (Wildman–Crippen MR) is 136 cm³/mol. The van der Waals surface area contributed by atoms with Gasteiger partial charge in [0.05, 0.1) is 20.8 Å². The molecule has 1 heterocycles. The third kappa shape index (κ3) is 8.72. The van der Waals surface area contributed by atoms with Crippen molar-refractivity contribution < 1.29 is 14.3 Å². The van der Waals surface area contributed by atoms with E-state index in [-0.39, 0.29) is 35.8 Å². The van der Waals surface area contributed by atoms with Crippen LogP contribution in [0.3, 0.4) is 0 Å². The first-order valence-electron chi connectivity index (χ1n) is 10.7. The average molecular weight is 547 g/mol. The smallest absolute Gasteiger partial charge is 0.222 e. The molecule has 0 radical (unpaired) electrons. The van der Waals surface area contributed by atoms with E-state index >= 15 is 0 Å². The lowest BCUT2D eigenvalue weighted by molar-refractivity contribution is -0.123. The number of carbonyl (C=O) groups excluding carboxylic acids is 1. The maximum Gasteiger partial charge on any atom is 0.222 e. The number of nitrogens with one attached hydrogen (secondary N) is 2. The summed E-state index contributed by atoms with van der Waals surface area (Å²) in [7, 11) is 3.38. The molecule has 0 saturated carbocycles. The lowest BCUT2D eigenvalue weighted by Crippen LogP contribution is -2.52. The van der Waals surface area contributed by atoms with Crippen molar-refractivity contribution in [2.75, 3.05) is 60.0 Å². The van der Waals surface area contributed by atoms with Crippen LogP contribution in [0.5, 0.6) is 11.5 Å². The van der Waals surface area contributed by atoms with Crippen LogP contribution < -0.4 is 20.1 Å². The van der Waals surface area contributed by atoms with Crippen molar-refractivity contribution >= 4 is 35.8 Å². The van der Waals surface area contributed by atoms with Gasteiger partial charge in [0.25, 0.3) is 0 Å². The third-order valence-corrected chi connectivity index (χ3v) is 5.09. The van der Waals surface area contributed by atoms with Crippen molar-refractivity contribution in [1.29, 1.82) is 0 Å². The zero-order valence-corrected chi connectivity index (χ0v) is 21.8. The number of amides is 1. The van der Waals surface area contributed by atoms with Crippen molar-refractivity contribution in [3.05, 3.63) is 23.8 Å². The highest BCUT2D eigenvalue weighted by Gasteiger charge is 2.21. The van der Waals surface area contributed by atoms with E-state index in [1.807, 2.05) is 32.0 Å². The van der Waals surface area contributed by atoms with Gasteiger partial charge in [0.2, 0.25) is 5.91 Å². The quantitative estimate of drug-likeness (QED) is 0.214. The molecule has 1 amide bonds. The predicted octanol–water partition coefficient (Wildman–Crippen LogP) is 2.18. The molecule has 8 nitrogen and oxygen atoms in total. The number of hydrogen-bond acceptors (Lipinski definition) is 5. The van der Waals surface area contributed by atoms with E-state index in [0.29, 0.717) is 13.1 Å². The molecule has 0 spiro atoms. The summed E-state index contributed by atoms with van der Waals surface area (Å²) < 4.78 is 10.9. The maximum absolute atomic E-state index is 11.7. The van der Waals surface area contributed by atoms with Crippen molar-refractivity contribution in [3.63, 3.8) is 0 Å². The zero-order valence-electron chi connectivity index (χ0n) is 19.4. The maximum atomic E-state index is 11.7. The van der Waals surface area contributed by atoms with Crippen molar-refractivity contribution in [1.82, 2.24) is 20.4 Å². The minimum absolute atomic E-state index is 0. The molecule has 1 aliphatic rings. The highest BCUT2D eigenvalue weighted by Crippen LogP contribution is 2.25. The van der Waals surface area contributed by atoms with Crippen LogP contribution in [-0.2, 0) is 11.3 Å². The number of piperazine rings is 1. The molecule has 0 bridgehead atoms. The van der Waals surface area contributed by atoms with Crippen LogP contribution in [-0.4, -0.2) is 81.7 Å². The molecule has 2 N–H and O–H groups in total. The number of aliphatic imine (C=N–C) groups is 1. The summed E-state index contributed by atoms with van der Waals surface area (Å²) >= 11 is 0. The molecule has 176 valence electrons. The van der Waals surface area contributed by atoms with Gasteiger partial charge >= 0.3 is 0 Å². The fraction of sp³-hybridized carbons (Fsp3) is 0.636. The van der Waals surface area contributed by atoms with Crippen LogP contribution in [0.15, 0.2) is 23.2 Å². The van der Waals surface area contributed by atoms with Gasteiger partial charge in [-0.05, 0) is 25.1 Å². The monoisotopic (exact) mass is 547 g/mol. The van der Waals surface area contributed by atoms with Crippen LogP contribution in [0, 0.1) is 5.92 Å². The van der Waals surface area contributed by atoms with Gasteiger partial charge in [0, 0.05) is 57.3 Å². The molecule has 9 heteroatoms. The zero-order chi connectivity index (χ0) is 21.9. The fourth-order valence-electron chi connectivity index (χ4n) is 3.34. The topological polar surface area (TPSA) is 78.4 Å². The van der Waals surface area contributed by atoms with E-state index < -0.39 is 0 Å². The van der Waals surface area contributed by atoms with Gasteiger partial charge in [-0.1, -0.05) is 13.8 Å². The minimum Gasteiger partial charge on any atom is -0.497 e. The number of ether oxygens (including phenoxy) is 2. The standard InChI is InChI=1S/C22H37N5O3.HI/c1-6-23-22(25-10-9-24-21(28)17(2)3)27-13-11-26(12-14-27)16-18-15-19(29-4)7-8-20(18)30-5;/h7-8,15,17H,6,9-14,16H2,1-5H3,(H,23,25)(H,24,28);1H. The van der Waals surface area contributed by atoms with Gasteiger partial charge in [-0.2, -0.15) is 0 Å². The molecule has 1 aromatic carbocycles. The van der Waals surface area contributed by atoms with Crippen LogP contribution in [0.4, 0.5) is 0 Å². The first-order chi connectivity index (χ1) is 14.5. The van der Waals surface area contributed by atoms with Gasteiger partial charge in [0.1, 0.15) is 11.5 Å². The Balaban J connectivity index is 0.00000480. The number of nitrogens with zero attached hydrogens (tertiary/aromatic N) is 3. The van der Waals surface area contributed by atoms with E-state index in [9.17, 15) is 4.79 Å². The number of rotatable bonds is 9. The largest absolute Gasteiger partial charge is 0.497 e. The highest BCUT2D eigenvalue weighted by atomic mass is 127. The Hall–Kier alpha value is -1.75. The molecule has 2 rings (SSSR count). The first kappa shape index (κ1) is 27.3. The van der Waals surface area contributed by atoms with Crippen LogP contribution in [0.25, 0.3) is 0 Å². The Kier molecular flexibility index (Phi) is 12.6. The summed E-state index contributed by atoms with van der Waals surface area (Å²) in [5.74, 6) is 2.71. The average Bonchev–Trinajstić information content (AvgIpc) is 2.76. The molecular weight excluding hydrogens is 509 g/mol. The van der Waals surface area contributed by atoms with Gasteiger partial charge in [0.15, 0.2) is 5.96 Å². The van der Waals surface area contributed by atoms with Crippen LogP contribution in [0.2, 0.25) is 0 Å². The molecule has 0 atom stereocenters. The van der Waals surface area contributed by atoms with Gasteiger partial charge in [-0.3, -0.25) is 14.7 Å². The minimum atomic E-state index is -0.00139. The molecule has 0 aliphatic carbocycles. The summed E-state index contributed by atoms with van der Waals surface area (Å²) in [6.07, 6.45) is 0. The lowest BCUT2D eigenvalue weighted by Gasteiger charge is -2.36. The first-order valence-corrected chi connectivity index (χ1v) is 10.7. The van der Waals surface area contributed by atoms with E-state index in [2.05, 4.69) is 32.3 Å². The van der Waals surface area contributed by atoms with Gasteiger partial charge in [-0.25, -0.2) is 0 Å². The van der Waals surface area contributed by atoms with Gasteiger partial charge < -0.3 is 25.0 Å². The Morgan fingerprint density at radius 1 is 1.13 bits per heavy atom. The molecule has 1 fully saturated rings. The number of methoxy groups -OCH3 is 2. The van der Waals surface area contributed by atoms with Crippen molar-refractivity contribution in [3.8, 4) is 11.5 Å². The van der Waals surface area contributed by atoms with Gasteiger partial charge in [-0.15, -0.1) is 24.0 Å².